The van der Waals surface area contributed by atoms with Gasteiger partial charge in [-0.2, -0.15) is 0 Å². The van der Waals surface area contributed by atoms with E-state index in [9.17, 15) is 67.7 Å². The van der Waals surface area contributed by atoms with Crippen LogP contribution in [0.15, 0.2) is 200 Å². The van der Waals surface area contributed by atoms with Crippen molar-refractivity contribution in [2.24, 2.45) is 41.4 Å². The van der Waals surface area contributed by atoms with E-state index in [-0.39, 0.29) is 167 Å². The van der Waals surface area contributed by atoms with Crippen molar-refractivity contribution in [3.05, 3.63) is 226 Å². The molecular weight excluding hydrogens is 1920 g/mol. The van der Waals surface area contributed by atoms with Crippen LogP contribution in [-0.4, -0.2) is 304 Å². The van der Waals surface area contributed by atoms with Crippen LogP contribution >= 0.6 is 0 Å². The summed E-state index contributed by atoms with van der Waals surface area (Å²) in [5, 5.41) is 85.4. The summed E-state index contributed by atoms with van der Waals surface area (Å²) in [6, 6.07) is 35.9. The Balaban J connectivity index is 0.623. The fourth-order valence-electron chi connectivity index (χ4n) is 17.3. The van der Waals surface area contributed by atoms with Crippen LogP contribution < -0.4 is 86.2 Å². The molecule has 147 heavy (non-hydrogen) atoms. The predicted octanol–water partition coefficient (Wildman–Crippen LogP) is -2.76. The first-order valence-corrected chi connectivity index (χ1v) is 49.2. The Labute approximate surface area is 838 Å². The lowest BCUT2D eigenvalue weighted by Gasteiger charge is -2.33. The minimum absolute atomic E-state index is 0.0401. The molecule has 0 saturated carbocycles. The number of hydrogen-bond acceptors (Lipinski definition) is 30. The Bertz CT molecular complexity index is 6530. The Morgan fingerprint density at radius 1 is 0.374 bits per heavy atom. The summed E-state index contributed by atoms with van der Waals surface area (Å²) in [4.78, 5) is 197. The summed E-state index contributed by atoms with van der Waals surface area (Å²) >= 11 is 0. The Morgan fingerprint density at radius 3 is 1.07 bits per heavy atom. The predicted molar refractivity (Wildman–Crippen MR) is 528 cm³/mol. The minimum Gasteiger partial charge on any atom is -0.481 e. The Kier molecular flexibility index (Phi) is 34.0. The number of carbonyl (C=O) groups is 12. The number of fused-ring (bicyclic) bond motifs is 14. The Morgan fingerprint density at radius 2 is 0.701 bits per heavy atom. The number of nitrogens with one attached hydrogen (secondary N) is 14. The van der Waals surface area contributed by atoms with E-state index in [2.05, 4.69) is 84.4 Å². The number of aliphatic carboxylic acids is 2. The Hall–Kier alpha value is -16.9. The maximum Gasteiger partial charge on any atom is 0.603 e. The number of aromatic nitrogens is 8. The van der Waals surface area contributed by atoms with Crippen LogP contribution in [0.25, 0.3) is 21.5 Å². The molecule has 0 unspecified atom stereocenters. The summed E-state index contributed by atoms with van der Waals surface area (Å²) in [5.41, 5.74) is 16.2. The molecule has 0 radical (unpaired) electrons. The quantitative estimate of drug-likeness (QED) is 0.00800. The number of carboxylic acid groups (broad SMARTS) is 2. The number of nitrogens with zero attached hydrogens (tertiary/aromatic N) is 14. The molecule has 6 aliphatic rings. The number of rotatable bonds is 40. The molecule has 16 rings (SSSR count). The van der Waals surface area contributed by atoms with Crippen molar-refractivity contribution < 1.29 is 95.5 Å². The van der Waals surface area contributed by atoms with Gasteiger partial charge in [-0.3, -0.25) is 76.8 Å². The standard InChI is InChI=1S/C96H108N30O20Si/c97-95(98)101-31-15-29-67-87(133)103-51-75(127)105-73(49-77(129)130)93(139)109-69(45-55-17-3-1-4-18-55)89(135)111-71(91(137)107-67)47-57-53-123(121-119-57)33-35-141-37-39-143-41-43-145-147(125-83-63-25-11-12-26-64(63)85(125)117-81-61-23-9-10-24-62(61)82(114-81)118-86-66-28-14-13-27-65(66)84(126(86)147)116-80-60-22-8-7-21-59(60)79(113-80)115-83)146-44-42-144-40-38-142-36-34-124-54-58(120-122-124)48-72-92(138)108-68(30-16-32-102-96(99)100)88(134)104-52-76(128)106-74(50-78(131)132)94(140)110-70(90(136)112-72)46-56-19-5-2-6-20-56/h1-14,17-28,53-54,67-74H,15-16,29-52H2,(H,103,133)(H,104,134)(H,105,127)(H,106,128)(H,107,137)(H,108,138)(H,109,139)(H,110,140)(H,111,135)(H,112,136)(H,129,130)(H,131,132)(H4,97,98,101)(H4,99,100,102)/t67-,68-,69+,70+,71-,72-,73-,74-/m0/s1. The molecule has 8 atom stereocenters. The lowest BCUT2D eigenvalue weighted by Crippen LogP contribution is -2.64. The molecule has 51 heteroatoms. The number of guanidine groups is 2. The van der Waals surface area contributed by atoms with Crippen LogP contribution in [0.3, 0.4) is 0 Å². The molecule has 0 aliphatic carbocycles. The molecule has 6 bridgehead atoms. The highest BCUT2D eigenvalue weighted by atomic mass is 28.4. The third-order valence-electron chi connectivity index (χ3n) is 24.3. The second-order valence-electron chi connectivity index (χ2n) is 34.7. The molecule has 2 fully saturated rings. The molecule has 4 aromatic heterocycles. The monoisotopic (exact) mass is 2030 g/mol. The van der Waals surface area contributed by atoms with Gasteiger partial charge in [0.15, 0.2) is 35.3 Å². The van der Waals surface area contributed by atoms with Gasteiger partial charge >= 0.3 is 20.8 Å². The van der Waals surface area contributed by atoms with Gasteiger partial charge in [0.25, 0.3) is 0 Å². The summed E-state index contributed by atoms with van der Waals surface area (Å²) in [5.74, 6) is -10.5. The highest BCUT2D eigenvalue weighted by Gasteiger charge is 2.54. The fourth-order valence-corrected chi connectivity index (χ4v) is 20.5. The molecule has 2 saturated heterocycles. The first-order valence-electron chi connectivity index (χ1n) is 47.5. The molecule has 0 spiro atoms. The molecule has 10 aromatic rings. The van der Waals surface area contributed by atoms with Gasteiger partial charge < -0.3 is 113 Å². The van der Waals surface area contributed by atoms with Crippen LogP contribution in [0.5, 0.6) is 0 Å². The molecular formula is C96H108N30O20Si. The second-order valence-corrected chi connectivity index (χ2v) is 37.3. The number of amides is 10. The summed E-state index contributed by atoms with van der Waals surface area (Å²) < 4.78 is 47.1. The van der Waals surface area contributed by atoms with Crippen LogP contribution in [0, 0.1) is 10.8 Å². The van der Waals surface area contributed by atoms with E-state index in [0.29, 0.717) is 101 Å². The van der Waals surface area contributed by atoms with Gasteiger partial charge in [0.1, 0.15) is 70.9 Å². The number of ether oxygens (including phenoxy) is 4. The first-order chi connectivity index (χ1) is 71.3. The van der Waals surface area contributed by atoms with Crippen LogP contribution in [0.1, 0.15) is 83.3 Å². The number of benzene rings is 6. The average Bonchev–Trinajstić information content (AvgIpc) is 1.53. The van der Waals surface area contributed by atoms with Crippen molar-refractivity contribution in [1.82, 2.24) is 102 Å². The minimum atomic E-state index is -4.77. The van der Waals surface area contributed by atoms with Crippen LogP contribution in [0.2, 0.25) is 0 Å². The zero-order valence-corrected chi connectivity index (χ0v) is 80.3. The van der Waals surface area contributed by atoms with Gasteiger partial charge in [-0.1, -0.05) is 168 Å². The number of carboxylic acids is 2. The van der Waals surface area contributed by atoms with Crippen molar-refractivity contribution >= 4 is 148 Å². The van der Waals surface area contributed by atoms with E-state index in [1.54, 1.807) is 60.7 Å². The maximum absolute atomic E-state index is 14.6. The summed E-state index contributed by atoms with van der Waals surface area (Å²) in [7, 11) is -4.77. The third kappa shape index (κ3) is 26.0. The second kappa shape index (κ2) is 48.5. The zero-order valence-electron chi connectivity index (χ0n) is 79.3. The van der Waals surface area contributed by atoms with Crippen molar-refractivity contribution in [2.75, 3.05) is 92.2 Å². The average molecular weight is 2030 g/mol. The van der Waals surface area contributed by atoms with E-state index < -0.39 is 154 Å². The maximum atomic E-state index is 14.6. The number of aliphatic imine (C=N–C) groups is 4. The van der Waals surface area contributed by atoms with Crippen LogP contribution in [0.4, 0.5) is 11.6 Å². The number of amidine groups is 4. The van der Waals surface area contributed by atoms with Crippen molar-refractivity contribution in [1.29, 1.82) is 10.8 Å². The zero-order chi connectivity index (χ0) is 103. The van der Waals surface area contributed by atoms with Gasteiger partial charge in [-0.25, -0.2) is 39.3 Å². The van der Waals surface area contributed by atoms with E-state index in [4.69, 9.17) is 80.0 Å². The number of nitrogens with two attached hydrogens (primary N) is 2. The fraction of sp³-hybridized carbons (Fsp3) is 0.354. The molecule has 6 aliphatic heterocycles. The molecule has 10 heterocycles. The number of hydrogen-bond donors (Lipinski definition) is 18. The van der Waals surface area contributed by atoms with Gasteiger partial charge in [0.2, 0.25) is 59.1 Å². The van der Waals surface area contributed by atoms with Gasteiger partial charge in [0.05, 0.1) is 116 Å². The van der Waals surface area contributed by atoms with E-state index in [1.807, 2.05) is 106 Å². The molecule has 10 amide bonds. The van der Waals surface area contributed by atoms with Gasteiger partial charge in [0, 0.05) is 95.0 Å². The van der Waals surface area contributed by atoms with E-state index in [0.717, 1.165) is 0 Å². The van der Waals surface area contributed by atoms with Crippen molar-refractivity contribution in [3.8, 4) is 0 Å². The lowest BCUT2D eigenvalue weighted by molar-refractivity contribution is -0.141. The lowest BCUT2D eigenvalue weighted by atomic mass is 10.0. The van der Waals surface area contributed by atoms with Gasteiger partial charge in [-0.05, 0) is 36.8 Å². The third-order valence-corrected chi connectivity index (χ3v) is 27.4. The summed E-state index contributed by atoms with van der Waals surface area (Å²) in [6.45, 7) is -1.06. The normalized spacial score (nSPS) is 20.2. The van der Waals surface area contributed by atoms with Gasteiger partial charge in [-0.15, -0.1) is 10.2 Å². The number of carbonyl (C=O) groups excluding carboxylic acids is 10. The molecule has 20 N–H and O–H groups in total. The largest absolute Gasteiger partial charge is 0.603 e. The highest BCUT2D eigenvalue weighted by Crippen LogP contribution is 2.44. The smallest absolute Gasteiger partial charge is 0.481 e. The van der Waals surface area contributed by atoms with E-state index >= 15 is 0 Å². The van der Waals surface area contributed by atoms with Crippen molar-refractivity contribution in [3.63, 3.8) is 0 Å². The van der Waals surface area contributed by atoms with E-state index in [1.165, 1.54) is 21.8 Å². The topological polar surface area (TPSA) is 690 Å². The van der Waals surface area contributed by atoms with Crippen molar-refractivity contribution in [2.45, 2.75) is 126 Å². The molecule has 50 nitrogen and oxygen atoms in total. The molecule has 766 valence electrons. The first kappa shape index (κ1) is 103. The highest BCUT2D eigenvalue weighted by molar-refractivity contribution is 6.66. The summed E-state index contributed by atoms with van der Waals surface area (Å²) in [6.07, 6.45) is 0.644. The van der Waals surface area contributed by atoms with Crippen LogP contribution in [-0.2, 0) is 124 Å². The SMILES string of the molecule is N=C(N)NCCC[C@@H]1NC(=O)[C@H](Cc2cn(CCOCCOCCO[Si]3(OCCOCCOCCn4cc(C[C@@H]5NC(=O)[C@@H](Cc6ccccc6)NC(=O)[C@H](CC(=O)O)NC(=O)CNC(=O)[C@H](CCCNC(=N)N)NC5=O)nn4)n4c5c6ccccc6c4N=C4N=C(N=c6c7ccccc7c(n63)=NC3=NC(=N5)c5ccccc53)c3ccccc34)nn2)NC(=O)[C@@H](Cc2ccccc2)NC(=O)[C@H](CC(=O)O)NC(=O)CNC1=O. The molecule has 6 aromatic carbocycles.